The Hall–Kier alpha value is -1.97. The molecule has 0 aliphatic rings. The van der Waals surface area contributed by atoms with Gasteiger partial charge in [-0.15, -0.1) is 0 Å². The van der Waals surface area contributed by atoms with Gasteiger partial charge in [0.2, 0.25) is 5.95 Å². The van der Waals surface area contributed by atoms with Gasteiger partial charge >= 0.3 is 0 Å². The molecule has 0 fully saturated rings. The fraction of sp³-hybridized carbons (Fsp3) is 0.357. The van der Waals surface area contributed by atoms with Crippen LogP contribution in [0.15, 0.2) is 36.7 Å². The van der Waals surface area contributed by atoms with Gasteiger partial charge in [0.15, 0.2) is 0 Å². The molecular formula is C14H19N3O. The number of rotatable bonds is 5. The van der Waals surface area contributed by atoms with E-state index in [1.54, 1.807) is 6.20 Å². The van der Waals surface area contributed by atoms with Crippen molar-refractivity contribution in [3.8, 4) is 11.4 Å². The van der Waals surface area contributed by atoms with Crippen LogP contribution in [0.2, 0.25) is 0 Å². The summed E-state index contributed by atoms with van der Waals surface area (Å²) >= 11 is 0. The predicted molar refractivity (Wildman–Crippen MR) is 73.5 cm³/mol. The van der Waals surface area contributed by atoms with Crippen LogP contribution in [-0.4, -0.2) is 22.2 Å². The molecular weight excluding hydrogens is 226 g/mol. The maximum absolute atomic E-state index is 5.43. The molecule has 0 bridgehead atoms. The van der Waals surface area contributed by atoms with Crippen molar-refractivity contribution in [2.45, 2.75) is 26.8 Å². The van der Waals surface area contributed by atoms with Gasteiger partial charge in [0, 0.05) is 24.1 Å². The predicted octanol–water partition coefficient (Wildman–Crippen LogP) is 3.09. The summed E-state index contributed by atoms with van der Waals surface area (Å²) in [7, 11) is 0. The zero-order valence-electron chi connectivity index (χ0n) is 11.1. The molecule has 0 unspecified atom stereocenters. The lowest BCUT2D eigenvalue weighted by atomic mass is 10.3. The molecule has 2 rings (SSSR count). The maximum Gasteiger partial charge on any atom is 0.207 e. The number of hydrogen-bond donors (Lipinski definition) is 1. The van der Waals surface area contributed by atoms with E-state index in [0.717, 1.165) is 17.4 Å². The lowest BCUT2D eigenvalue weighted by molar-refractivity contribution is 0.340. The minimum atomic E-state index is 0.355. The Kier molecular flexibility index (Phi) is 3.87. The molecule has 4 nitrogen and oxygen atoms in total. The summed E-state index contributed by atoms with van der Waals surface area (Å²) in [4.78, 5) is 4.31. The van der Waals surface area contributed by atoms with Crippen molar-refractivity contribution in [3.63, 3.8) is 0 Å². The first-order valence-corrected chi connectivity index (χ1v) is 6.24. The highest BCUT2D eigenvalue weighted by Crippen LogP contribution is 2.18. The summed E-state index contributed by atoms with van der Waals surface area (Å²) in [6, 6.07) is 8.35. The lowest BCUT2D eigenvalue weighted by Crippen LogP contribution is -2.13. The molecule has 4 heteroatoms. The highest BCUT2D eigenvalue weighted by molar-refractivity contribution is 5.44. The highest BCUT2D eigenvalue weighted by atomic mass is 16.5. The van der Waals surface area contributed by atoms with Gasteiger partial charge in [-0.2, -0.15) is 0 Å². The summed E-state index contributed by atoms with van der Waals surface area (Å²) in [5.74, 6) is 1.74. The fourth-order valence-electron chi connectivity index (χ4n) is 1.75. The quantitative estimate of drug-likeness (QED) is 0.879. The summed E-state index contributed by atoms with van der Waals surface area (Å²) in [5.41, 5.74) is 1.07. The highest BCUT2D eigenvalue weighted by Gasteiger charge is 2.05. The third-order valence-corrected chi connectivity index (χ3v) is 2.48. The minimum Gasteiger partial charge on any atom is -0.494 e. The molecule has 96 valence electrons. The van der Waals surface area contributed by atoms with E-state index < -0.39 is 0 Å². The molecule has 1 aromatic carbocycles. The van der Waals surface area contributed by atoms with Crippen LogP contribution in [0, 0.1) is 0 Å². The molecule has 1 aromatic heterocycles. The van der Waals surface area contributed by atoms with Gasteiger partial charge in [-0.25, -0.2) is 4.98 Å². The Morgan fingerprint density at radius 1 is 1.28 bits per heavy atom. The van der Waals surface area contributed by atoms with E-state index in [0.29, 0.717) is 12.6 Å². The number of benzene rings is 1. The van der Waals surface area contributed by atoms with E-state index in [1.165, 1.54) is 0 Å². The van der Waals surface area contributed by atoms with Crippen LogP contribution < -0.4 is 10.1 Å². The van der Waals surface area contributed by atoms with Gasteiger partial charge < -0.3 is 10.1 Å². The second kappa shape index (κ2) is 5.58. The van der Waals surface area contributed by atoms with Crippen LogP contribution in [0.25, 0.3) is 5.69 Å². The van der Waals surface area contributed by atoms with E-state index in [4.69, 9.17) is 4.74 Å². The average molecular weight is 245 g/mol. The molecule has 0 aliphatic carbocycles. The van der Waals surface area contributed by atoms with Crippen LogP contribution in [0.5, 0.6) is 5.75 Å². The normalized spacial score (nSPS) is 10.7. The third kappa shape index (κ3) is 2.83. The molecule has 18 heavy (non-hydrogen) atoms. The van der Waals surface area contributed by atoms with E-state index in [-0.39, 0.29) is 0 Å². The van der Waals surface area contributed by atoms with Crippen molar-refractivity contribution < 1.29 is 4.74 Å². The van der Waals surface area contributed by atoms with E-state index in [2.05, 4.69) is 24.1 Å². The first-order valence-electron chi connectivity index (χ1n) is 6.24. The van der Waals surface area contributed by atoms with Crippen LogP contribution in [-0.2, 0) is 0 Å². The fourth-order valence-corrected chi connectivity index (χ4v) is 1.75. The second-order valence-electron chi connectivity index (χ2n) is 4.35. The first kappa shape index (κ1) is 12.5. The lowest BCUT2D eigenvalue weighted by Gasteiger charge is -2.12. The Labute approximate surface area is 108 Å². The van der Waals surface area contributed by atoms with Crippen LogP contribution in [0.3, 0.4) is 0 Å². The zero-order chi connectivity index (χ0) is 13.0. The van der Waals surface area contributed by atoms with E-state index in [1.807, 2.05) is 42.0 Å². The monoisotopic (exact) mass is 245 g/mol. The standard InChI is InChI=1S/C14H19N3O/c1-4-18-13-7-5-12(6-8-13)17-10-9-15-14(17)16-11(2)3/h5-11H,4H2,1-3H3,(H,15,16). The molecule has 1 N–H and O–H groups in total. The van der Waals surface area contributed by atoms with Gasteiger partial charge in [-0.05, 0) is 45.0 Å². The second-order valence-corrected chi connectivity index (χ2v) is 4.35. The number of nitrogens with zero attached hydrogens (tertiary/aromatic N) is 2. The molecule has 0 atom stereocenters. The van der Waals surface area contributed by atoms with Crippen molar-refractivity contribution in [3.05, 3.63) is 36.7 Å². The molecule has 0 saturated heterocycles. The van der Waals surface area contributed by atoms with Gasteiger partial charge in [0.05, 0.1) is 6.61 Å². The number of nitrogens with one attached hydrogen (secondary N) is 1. The minimum absolute atomic E-state index is 0.355. The summed E-state index contributed by atoms with van der Waals surface area (Å²) in [5, 5.41) is 3.31. The van der Waals surface area contributed by atoms with Crippen LogP contribution in [0.1, 0.15) is 20.8 Å². The van der Waals surface area contributed by atoms with Crippen LogP contribution >= 0.6 is 0 Å². The largest absolute Gasteiger partial charge is 0.494 e. The van der Waals surface area contributed by atoms with Crippen molar-refractivity contribution in [2.24, 2.45) is 0 Å². The Morgan fingerprint density at radius 2 is 2.00 bits per heavy atom. The van der Waals surface area contributed by atoms with Crippen molar-refractivity contribution >= 4 is 5.95 Å². The van der Waals surface area contributed by atoms with E-state index >= 15 is 0 Å². The molecule has 0 spiro atoms. The molecule has 0 amide bonds. The van der Waals surface area contributed by atoms with Crippen LogP contribution in [0.4, 0.5) is 5.95 Å². The number of aromatic nitrogens is 2. The number of hydrogen-bond acceptors (Lipinski definition) is 3. The molecule has 0 aliphatic heterocycles. The smallest absolute Gasteiger partial charge is 0.207 e. The molecule has 0 saturated carbocycles. The Balaban J connectivity index is 2.23. The SMILES string of the molecule is CCOc1ccc(-n2ccnc2NC(C)C)cc1. The zero-order valence-corrected chi connectivity index (χ0v) is 11.1. The number of imidazole rings is 1. The number of ether oxygens (including phenoxy) is 1. The van der Waals surface area contributed by atoms with Crippen molar-refractivity contribution in [2.75, 3.05) is 11.9 Å². The maximum atomic E-state index is 5.43. The Bertz CT molecular complexity index is 488. The molecule has 2 aromatic rings. The molecule has 1 heterocycles. The average Bonchev–Trinajstić information content (AvgIpc) is 2.78. The summed E-state index contributed by atoms with van der Waals surface area (Å²) < 4.78 is 7.46. The van der Waals surface area contributed by atoms with Crippen molar-refractivity contribution in [1.82, 2.24) is 9.55 Å². The summed E-state index contributed by atoms with van der Waals surface area (Å²) in [6.07, 6.45) is 3.74. The Morgan fingerprint density at radius 3 is 2.61 bits per heavy atom. The van der Waals surface area contributed by atoms with Crippen molar-refractivity contribution in [1.29, 1.82) is 0 Å². The number of anilines is 1. The van der Waals surface area contributed by atoms with Gasteiger partial charge in [0.1, 0.15) is 5.75 Å². The van der Waals surface area contributed by atoms with Gasteiger partial charge in [-0.1, -0.05) is 0 Å². The van der Waals surface area contributed by atoms with E-state index in [9.17, 15) is 0 Å². The third-order valence-electron chi connectivity index (χ3n) is 2.48. The topological polar surface area (TPSA) is 39.1 Å². The molecule has 0 radical (unpaired) electrons. The van der Waals surface area contributed by atoms with Gasteiger partial charge in [-0.3, -0.25) is 4.57 Å². The summed E-state index contributed by atoms with van der Waals surface area (Å²) in [6.45, 7) is 6.85. The van der Waals surface area contributed by atoms with Gasteiger partial charge in [0.25, 0.3) is 0 Å². The first-order chi connectivity index (χ1) is 8.70.